The number of aromatic nitrogens is 2. The number of phenols is 2. The number of aryl methyl sites for hydroxylation is 2. The van der Waals surface area contributed by atoms with Crippen molar-refractivity contribution in [1.82, 2.24) is 15.1 Å². The number of hydrogen-bond donors (Lipinski definition) is 3. The topological polar surface area (TPSA) is 89.5 Å². The second kappa shape index (κ2) is 7.98. The number of aromatic amines is 1. The van der Waals surface area contributed by atoms with Gasteiger partial charge in [0.05, 0.1) is 6.04 Å². The first-order valence-corrected chi connectivity index (χ1v) is 10.9. The number of hydrogen-bond acceptors (Lipinski definition) is 4. The summed E-state index contributed by atoms with van der Waals surface area (Å²) in [7, 11) is 0. The number of nitrogens with one attached hydrogen (secondary N) is 1. The molecule has 0 spiro atoms. The van der Waals surface area contributed by atoms with E-state index in [1.54, 1.807) is 35.2 Å². The van der Waals surface area contributed by atoms with Crippen LogP contribution in [-0.4, -0.2) is 31.2 Å². The Bertz CT molecular complexity index is 1370. The minimum Gasteiger partial charge on any atom is -0.508 e. The highest BCUT2D eigenvalue weighted by atomic mass is 35.5. The first-order chi connectivity index (χ1) is 15.8. The van der Waals surface area contributed by atoms with Crippen molar-refractivity contribution in [3.05, 3.63) is 99.2 Å². The van der Waals surface area contributed by atoms with Gasteiger partial charge in [0, 0.05) is 22.7 Å². The summed E-state index contributed by atoms with van der Waals surface area (Å²) in [5, 5.41) is 28.9. The predicted molar refractivity (Wildman–Crippen MR) is 126 cm³/mol. The van der Waals surface area contributed by atoms with E-state index in [0.717, 1.165) is 22.3 Å². The molecule has 166 valence electrons. The number of nitrogens with zero attached hydrogens (tertiary/aromatic N) is 2. The van der Waals surface area contributed by atoms with Crippen molar-refractivity contribution in [2.45, 2.75) is 26.4 Å². The van der Waals surface area contributed by atoms with Crippen molar-refractivity contribution in [3.63, 3.8) is 0 Å². The number of phenolic OH excluding ortho intramolecular Hbond substituents is 2. The molecule has 0 saturated carbocycles. The van der Waals surface area contributed by atoms with Crippen LogP contribution in [0.3, 0.4) is 0 Å². The fourth-order valence-electron chi connectivity index (χ4n) is 4.66. The van der Waals surface area contributed by atoms with Crippen molar-refractivity contribution >= 4 is 17.5 Å². The first kappa shape index (κ1) is 21.1. The van der Waals surface area contributed by atoms with Crippen molar-refractivity contribution in [3.8, 4) is 22.8 Å². The Morgan fingerprint density at radius 2 is 1.85 bits per heavy atom. The second-order valence-corrected chi connectivity index (χ2v) is 8.77. The fourth-order valence-corrected chi connectivity index (χ4v) is 4.85. The highest BCUT2D eigenvalue weighted by Crippen LogP contribution is 2.46. The molecule has 1 amide bonds. The molecule has 3 aromatic carbocycles. The van der Waals surface area contributed by atoms with Crippen LogP contribution in [0.15, 0.2) is 60.7 Å². The lowest BCUT2D eigenvalue weighted by atomic mass is 9.93. The Morgan fingerprint density at radius 1 is 1.06 bits per heavy atom. The molecule has 0 radical (unpaired) electrons. The summed E-state index contributed by atoms with van der Waals surface area (Å²) in [6.07, 6.45) is 0. The number of amides is 1. The molecule has 3 N–H and O–H groups in total. The summed E-state index contributed by atoms with van der Waals surface area (Å²) >= 11 is 6.41. The van der Waals surface area contributed by atoms with Gasteiger partial charge in [0.15, 0.2) is 0 Å². The smallest absolute Gasteiger partial charge is 0.273 e. The molecule has 0 aliphatic carbocycles. The molecular weight excluding hydrogens is 438 g/mol. The zero-order valence-electron chi connectivity index (χ0n) is 18.1. The Morgan fingerprint density at radius 3 is 2.58 bits per heavy atom. The standard InChI is InChI=1S/C26H22ClN3O3/c1-14-10-15(2)21(20(32)11-14)23-22-24(29-28-23)26(33)30(13-17-6-3-4-9-19(17)27)25(22)16-7-5-8-18(31)12-16/h3-12,25,31-32H,13H2,1-2H3,(H,28,29). The molecule has 1 aliphatic rings. The number of carbonyl (C=O) groups excluding carboxylic acids is 1. The number of halogens is 1. The third-order valence-corrected chi connectivity index (χ3v) is 6.41. The molecular formula is C26H22ClN3O3. The van der Waals surface area contributed by atoms with Gasteiger partial charge in [-0.25, -0.2) is 0 Å². The minimum absolute atomic E-state index is 0.102. The van der Waals surface area contributed by atoms with E-state index in [-0.39, 0.29) is 24.0 Å². The Labute approximate surface area is 196 Å². The van der Waals surface area contributed by atoms with Crippen LogP contribution in [0.25, 0.3) is 11.3 Å². The normalized spacial score (nSPS) is 15.2. The summed E-state index contributed by atoms with van der Waals surface area (Å²) in [5.74, 6) is -0.0137. The molecule has 6 nitrogen and oxygen atoms in total. The maximum Gasteiger partial charge on any atom is 0.273 e. The van der Waals surface area contributed by atoms with Crippen molar-refractivity contribution in [2.24, 2.45) is 0 Å². The molecule has 5 rings (SSSR count). The lowest BCUT2D eigenvalue weighted by Gasteiger charge is -2.27. The maximum absolute atomic E-state index is 13.5. The van der Waals surface area contributed by atoms with Crippen LogP contribution >= 0.6 is 11.6 Å². The highest BCUT2D eigenvalue weighted by molar-refractivity contribution is 6.31. The van der Waals surface area contributed by atoms with Crippen LogP contribution in [0.5, 0.6) is 11.5 Å². The van der Waals surface area contributed by atoms with E-state index in [1.807, 2.05) is 44.2 Å². The van der Waals surface area contributed by atoms with Crippen LogP contribution in [0.4, 0.5) is 0 Å². The lowest BCUT2D eigenvalue weighted by molar-refractivity contribution is 0.0730. The number of H-pyrrole nitrogens is 1. The molecule has 7 heteroatoms. The van der Waals surface area contributed by atoms with Gasteiger partial charge in [-0.3, -0.25) is 9.89 Å². The van der Waals surface area contributed by atoms with E-state index in [1.165, 1.54) is 0 Å². The predicted octanol–water partition coefficient (Wildman–Crippen LogP) is 5.50. The molecule has 33 heavy (non-hydrogen) atoms. The molecule has 1 aromatic heterocycles. The van der Waals surface area contributed by atoms with E-state index >= 15 is 0 Å². The number of carbonyl (C=O) groups is 1. The number of aromatic hydroxyl groups is 2. The highest BCUT2D eigenvalue weighted by Gasteiger charge is 2.43. The molecule has 1 aliphatic heterocycles. The average Bonchev–Trinajstić information content (AvgIpc) is 3.28. The molecule has 2 heterocycles. The van der Waals surface area contributed by atoms with Crippen LogP contribution in [0.2, 0.25) is 5.02 Å². The van der Waals surface area contributed by atoms with Crippen molar-refractivity contribution in [1.29, 1.82) is 0 Å². The molecule has 4 aromatic rings. The third-order valence-electron chi connectivity index (χ3n) is 6.04. The zero-order chi connectivity index (χ0) is 23.3. The van der Waals surface area contributed by atoms with Crippen molar-refractivity contribution in [2.75, 3.05) is 0 Å². The van der Waals surface area contributed by atoms with Crippen LogP contribution < -0.4 is 0 Å². The molecule has 1 unspecified atom stereocenters. The van der Waals surface area contributed by atoms with Crippen LogP contribution in [0.1, 0.15) is 44.3 Å². The van der Waals surface area contributed by atoms with Crippen LogP contribution in [0, 0.1) is 13.8 Å². The van der Waals surface area contributed by atoms with Crippen LogP contribution in [-0.2, 0) is 6.54 Å². The van der Waals surface area contributed by atoms with Gasteiger partial charge < -0.3 is 15.1 Å². The van der Waals surface area contributed by atoms with Gasteiger partial charge in [0.1, 0.15) is 22.9 Å². The molecule has 0 fully saturated rings. The number of benzene rings is 3. The SMILES string of the molecule is Cc1cc(C)c(-c2n[nH]c3c2C(c2cccc(O)c2)N(Cc2ccccc2Cl)C3=O)c(O)c1. The van der Waals surface area contributed by atoms with E-state index in [4.69, 9.17) is 11.6 Å². The van der Waals surface area contributed by atoms with E-state index in [9.17, 15) is 15.0 Å². The number of fused-ring (bicyclic) bond motifs is 1. The minimum atomic E-state index is -0.523. The Kier molecular flexibility index (Phi) is 5.10. The maximum atomic E-state index is 13.5. The summed E-state index contributed by atoms with van der Waals surface area (Å²) in [5.41, 5.74) is 5.46. The summed E-state index contributed by atoms with van der Waals surface area (Å²) < 4.78 is 0. The molecule has 0 saturated heterocycles. The average molecular weight is 460 g/mol. The van der Waals surface area contributed by atoms with Crippen molar-refractivity contribution < 1.29 is 15.0 Å². The monoisotopic (exact) mass is 459 g/mol. The van der Waals surface area contributed by atoms with E-state index < -0.39 is 6.04 Å². The summed E-state index contributed by atoms with van der Waals surface area (Å²) in [4.78, 5) is 15.2. The van der Waals surface area contributed by atoms with E-state index in [2.05, 4.69) is 10.2 Å². The first-order valence-electron chi connectivity index (χ1n) is 10.6. The summed E-state index contributed by atoms with van der Waals surface area (Å²) in [6.45, 7) is 4.10. The lowest BCUT2D eigenvalue weighted by Crippen LogP contribution is -2.29. The quantitative estimate of drug-likeness (QED) is 0.375. The largest absolute Gasteiger partial charge is 0.508 e. The Hall–Kier alpha value is -3.77. The third kappa shape index (κ3) is 3.52. The van der Waals surface area contributed by atoms with Gasteiger partial charge in [-0.15, -0.1) is 0 Å². The van der Waals surface area contributed by atoms with Gasteiger partial charge >= 0.3 is 0 Å². The van der Waals surface area contributed by atoms with Gasteiger partial charge in [0.2, 0.25) is 0 Å². The molecule has 0 bridgehead atoms. The van der Waals surface area contributed by atoms with Gasteiger partial charge in [0.25, 0.3) is 5.91 Å². The van der Waals surface area contributed by atoms with Gasteiger partial charge in [-0.05, 0) is 60.4 Å². The zero-order valence-corrected chi connectivity index (χ0v) is 18.9. The number of rotatable bonds is 4. The molecule has 1 atom stereocenters. The second-order valence-electron chi connectivity index (χ2n) is 8.36. The van der Waals surface area contributed by atoms with E-state index in [0.29, 0.717) is 27.5 Å². The van der Waals surface area contributed by atoms with Gasteiger partial charge in [-0.2, -0.15) is 5.10 Å². The summed E-state index contributed by atoms with van der Waals surface area (Å²) in [6, 6.07) is 17.4. The van der Waals surface area contributed by atoms with Gasteiger partial charge in [-0.1, -0.05) is 48.0 Å². The Balaban J connectivity index is 1.71. The fraction of sp³-hybridized carbons (Fsp3) is 0.154.